The van der Waals surface area contributed by atoms with Gasteiger partial charge < -0.3 is 0 Å². The van der Waals surface area contributed by atoms with E-state index in [4.69, 9.17) is 0 Å². The van der Waals surface area contributed by atoms with Gasteiger partial charge in [0.15, 0.2) is 0 Å². The molecule has 0 saturated heterocycles. The summed E-state index contributed by atoms with van der Waals surface area (Å²) in [7, 11) is 0. The molecular formula is C30H27N5S. The number of rotatable bonds is 9. The standard InChI is InChI=1S/C30H27N5S/c1-23-8-14-29(33-18-23)30-15-10-24(19-34-30)9-11-27-12-13-28(36-27)22-35(20-25-6-2-4-16-31-25)21-26-7-3-5-17-32-26/h2-19H,20-22H2,1H3/b11-9+. The summed E-state index contributed by atoms with van der Waals surface area (Å²) in [5.74, 6) is 0. The highest BCUT2D eigenvalue weighted by Crippen LogP contribution is 2.23. The van der Waals surface area contributed by atoms with Crippen LogP contribution in [-0.4, -0.2) is 24.8 Å². The Kier molecular flexibility index (Phi) is 7.66. The van der Waals surface area contributed by atoms with E-state index in [2.05, 4.69) is 73.4 Å². The van der Waals surface area contributed by atoms with Crippen LogP contribution in [-0.2, 0) is 19.6 Å². The summed E-state index contributed by atoms with van der Waals surface area (Å²) in [6, 6.07) is 24.7. The zero-order valence-electron chi connectivity index (χ0n) is 20.2. The Labute approximate surface area is 215 Å². The summed E-state index contributed by atoms with van der Waals surface area (Å²) in [6.07, 6.45) is 11.7. The van der Waals surface area contributed by atoms with Gasteiger partial charge in [0.1, 0.15) is 0 Å². The topological polar surface area (TPSA) is 54.8 Å². The second-order valence-electron chi connectivity index (χ2n) is 8.62. The molecule has 0 atom stereocenters. The van der Waals surface area contributed by atoms with Gasteiger partial charge in [0, 0.05) is 54.2 Å². The first-order chi connectivity index (χ1) is 17.7. The third-order valence-electron chi connectivity index (χ3n) is 5.69. The molecule has 0 aliphatic heterocycles. The van der Waals surface area contributed by atoms with Crippen molar-refractivity contribution in [2.45, 2.75) is 26.6 Å². The maximum Gasteiger partial charge on any atom is 0.0886 e. The van der Waals surface area contributed by atoms with E-state index in [0.717, 1.165) is 53.5 Å². The molecule has 178 valence electrons. The van der Waals surface area contributed by atoms with E-state index in [1.807, 2.05) is 68.1 Å². The van der Waals surface area contributed by atoms with Crippen LogP contribution in [0.2, 0.25) is 0 Å². The number of thiophene rings is 1. The summed E-state index contributed by atoms with van der Waals surface area (Å²) in [5.41, 5.74) is 6.09. The second-order valence-corrected chi connectivity index (χ2v) is 9.82. The molecule has 5 rings (SSSR count). The van der Waals surface area contributed by atoms with Crippen molar-refractivity contribution in [3.05, 3.63) is 130 Å². The smallest absolute Gasteiger partial charge is 0.0886 e. The number of pyridine rings is 4. The van der Waals surface area contributed by atoms with E-state index in [0.29, 0.717) is 0 Å². The number of aromatic nitrogens is 4. The Morgan fingerprint density at radius 1 is 0.667 bits per heavy atom. The zero-order valence-corrected chi connectivity index (χ0v) is 21.0. The second kappa shape index (κ2) is 11.6. The van der Waals surface area contributed by atoms with Crippen LogP contribution in [0, 0.1) is 6.92 Å². The Morgan fingerprint density at radius 2 is 1.36 bits per heavy atom. The molecule has 0 unspecified atom stereocenters. The predicted molar refractivity (Wildman–Crippen MR) is 147 cm³/mol. The van der Waals surface area contributed by atoms with Gasteiger partial charge in [0.2, 0.25) is 0 Å². The van der Waals surface area contributed by atoms with Crippen LogP contribution >= 0.6 is 11.3 Å². The summed E-state index contributed by atoms with van der Waals surface area (Å²) < 4.78 is 0. The molecule has 0 fully saturated rings. The maximum absolute atomic E-state index is 4.59. The molecule has 36 heavy (non-hydrogen) atoms. The highest BCUT2D eigenvalue weighted by Gasteiger charge is 2.11. The lowest BCUT2D eigenvalue weighted by atomic mass is 10.2. The van der Waals surface area contributed by atoms with Crippen molar-refractivity contribution in [2.75, 3.05) is 0 Å². The molecule has 0 amide bonds. The number of aryl methyl sites for hydroxylation is 1. The third-order valence-corrected chi connectivity index (χ3v) is 6.72. The quantitative estimate of drug-likeness (QED) is 0.231. The lowest BCUT2D eigenvalue weighted by Gasteiger charge is -2.21. The fourth-order valence-electron chi connectivity index (χ4n) is 3.85. The predicted octanol–water partition coefficient (Wildman–Crippen LogP) is 6.68. The van der Waals surface area contributed by atoms with E-state index in [-0.39, 0.29) is 0 Å². The lowest BCUT2D eigenvalue weighted by molar-refractivity contribution is 0.244. The Hall–Kier alpha value is -4.00. The molecular weight excluding hydrogens is 462 g/mol. The minimum absolute atomic E-state index is 0.772. The van der Waals surface area contributed by atoms with Crippen LogP contribution in [0.15, 0.2) is 97.6 Å². The van der Waals surface area contributed by atoms with Gasteiger partial charge in [-0.1, -0.05) is 30.3 Å². The number of nitrogens with zero attached hydrogens (tertiary/aromatic N) is 5. The molecule has 0 N–H and O–H groups in total. The Morgan fingerprint density at radius 3 is 1.94 bits per heavy atom. The largest absolute Gasteiger partial charge is 0.287 e. The monoisotopic (exact) mass is 489 g/mol. The molecule has 0 bridgehead atoms. The Balaban J connectivity index is 1.25. The van der Waals surface area contributed by atoms with Gasteiger partial charge in [-0.15, -0.1) is 11.3 Å². The van der Waals surface area contributed by atoms with Gasteiger partial charge in [-0.25, -0.2) is 0 Å². The normalized spacial score (nSPS) is 11.4. The van der Waals surface area contributed by atoms with Crippen LogP contribution in [0.3, 0.4) is 0 Å². The minimum Gasteiger partial charge on any atom is -0.287 e. The zero-order chi connectivity index (χ0) is 24.6. The summed E-state index contributed by atoms with van der Waals surface area (Å²) in [5, 5.41) is 0. The van der Waals surface area contributed by atoms with Crippen LogP contribution in [0.5, 0.6) is 0 Å². The molecule has 5 heterocycles. The van der Waals surface area contributed by atoms with Gasteiger partial charge in [-0.3, -0.25) is 24.8 Å². The van der Waals surface area contributed by atoms with Gasteiger partial charge in [0.05, 0.1) is 22.8 Å². The first-order valence-electron chi connectivity index (χ1n) is 11.9. The van der Waals surface area contributed by atoms with Crippen molar-refractivity contribution in [3.8, 4) is 11.4 Å². The van der Waals surface area contributed by atoms with Crippen LogP contribution in [0.25, 0.3) is 23.5 Å². The van der Waals surface area contributed by atoms with Crippen LogP contribution in [0.1, 0.15) is 32.3 Å². The molecule has 0 aromatic carbocycles. The number of hydrogen-bond acceptors (Lipinski definition) is 6. The van der Waals surface area contributed by atoms with Gasteiger partial charge in [-0.2, -0.15) is 0 Å². The molecule has 0 aliphatic rings. The minimum atomic E-state index is 0.772. The molecule has 0 saturated carbocycles. The van der Waals surface area contributed by atoms with Crippen LogP contribution < -0.4 is 0 Å². The van der Waals surface area contributed by atoms with Gasteiger partial charge in [-0.05, 0) is 72.7 Å². The van der Waals surface area contributed by atoms with Crippen molar-refractivity contribution < 1.29 is 0 Å². The summed E-state index contributed by atoms with van der Waals surface area (Å²) in [4.78, 5) is 23.0. The van der Waals surface area contributed by atoms with Gasteiger partial charge >= 0.3 is 0 Å². The van der Waals surface area contributed by atoms with Gasteiger partial charge in [0.25, 0.3) is 0 Å². The van der Waals surface area contributed by atoms with Crippen LogP contribution in [0.4, 0.5) is 0 Å². The maximum atomic E-state index is 4.59. The fraction of sp³-hybridized carbons (Fsp3) is 0.133. The molecule has 0 spiro atoms. The molecule has 5 nitrogen and oxygen atoms in total. The highest BCUT2D eigenvalue weighted by atomic mass is 32.1. The highest BCUT2D eigenvalue weighted by molar-refractivity contribution is 7.12. The van der Waals surface area contributed by atoms with Crippen molar-refractivity contribution in [1.29, 1.82) is 0 Å². The SMILES string of the molecule is Cc1ccc(-c2ccc(/C=C/c3ccc(CN(Cc4ccccn4)Cc4ccccn4)s3)cn2)nc1. The van der Waals surface area contributed by atoms with Crippen molar-refractivity contribution >= 4 is 23.5 Å². The van der Waals surface area contributed by atoms with Crippen molar-refractivity contribution in [2.24, 2.45) is 0 Å². The van der Waals surface area contributed by atoms with E-state index < -0.39 is 0 Å². The molecule has 0 aliphatic carbocycles. The summed E-state index contributed by atoms with van der Waals surface area (Å²) in [6.45, 7) is 4.42. The molecule has 5 aromatic heterocycles. The molecule has 5 aromatic rings. The van der Waals surface area contributed by atoms with E-state index in [9.17, 15) is 0 Å². The van der Waals surface area contributed by atoms with E-state index in [1.54, 1.807) is 11.3 Å². The third kappa shape index (κ3) is 6.56. The van der Waals surface area contributed by atoms with Crippen molar-refractivity contribution in [3.63, 3.8) is 0 Å². The average molecular weight is 490 g/mol. The molecule has 0 radical (unpaired) electrons. The summed E-state index contributed by atoms with van der Waals surface area (Å²) >= 11 is 1.80. The first-order valence-corrected chi connectivity index (χ1v) is 12.7. The Bertz CT molecular complexity index is 1350. The fourth-order valence-corrected chi connectivity index (χ4v) is 4.81. The average Bonchev–Trinajstić information content (AvgIpc) is 3.36. The van der Waals surface area contributed by atoms with Crippen molar-refractivity contribution in [1.82, 2.24) is 24.8 Å². The van der Waals surface area contributed by atoms with E-state index >= 15 is 0 Å². The van der Waals surface area contributed by atoms with E-state index in [1.165, 1.54) is 9.75 Å². The number of hydrogen-bond donors (Lipinski definition) is 0. The lowest BCUT2D eigenvalue weighted by Crippen LogP contribution is -2.23. The first kappa shape index (κ1) is 23.7. The molecule has 6 heteroatoms.